The Morgan fingerprint density at radius 1 is 1.19 bits per heavy atom. The number of nitrogens with two attached hydrogens (primary N) is 1. The first-order valence-corrected chi connectivity index (χ1v) is 9.55. The predicted octanol–water partition coefficient (Wildman–Crippen LogP) is 2.30. The van der Waals surface area contributed by atoms with E-state index in [0.29, 0.717) is 39.7 Å². The van der Waals surface area contributed by atoms with E-state index in [4.69, 9.17) is 26.2 Å². The lowest BCUT2D eigenvalue weighted by Gasteiger charge is -2.12. The molecule has 0 fully saturated rings. The number of ether oxygens (including phenoxy) is 2. The lowest BCUT2D eigenvalue weighted by Crippen LogP contribution is -2.11. The average Bonchev–Trinajstić information content (AvgIpc) is 2.99. The third kappa shape index (κ3) is 3.09. The zero-order chi connectivity index (χ0) is 19.1. The van der Waals surface area contributed by atoms with E-state index in [-0.39, 0.29) is 10.8 Å². The molecule has 0 saturated carbocycles. The molecule has 2 heterocycles. The van der Waals surface area contributed by atoms with Gasteiger partial charge in [-0.15, -0.1) is 0 Å². The first-order valence-electron chi connectivity index (χ1n) is 7.62. The quantitative estimate of drug-likeness (QED) is 0.708. The Bertz CT molecular complexity index is 1070. The summed E-state index contributed by atoms with van der Waals surface area (Å²) in [5.41, 5.74) is 1.20. The molecule has 1 aromatic carbocycles. The Kier molecular flexibility index (Phi) is 4.78. The van der Waals surface area contributed by atoms with Crippen molar-refractivity contribution in [3.63, 3.8) is 0 Å². The maximum atomic E-state index is 12.0. The van der Waals surface area contributed by atoms with Crippen LogP contribution < -0.4 is 14.6 Å². The molecule has 0 aliphatic heterocycles. The van der Waals surface area contributed by atoms with Crippen LogP contribution in [0.15, 0.2) is 29.3 Å². The molecule has 0 aliphatic rings. The van der Waals surface area contributed by atoms with Gasteiger partial charge in [0.2, 0.25) is 27.7 Å². The number of fused-ring (bicyclic) bond motifs is 1. The summed E-state index contributed by atoms with van der Waals surface area (Å²) in [6, 6.07) is 4.79. The smallest absolute Gasteiger partial charge is 0.240 e. The van der Waals surface area contributed by atoms with Crippen LogP contribution in [0.4, 0.5) is 0 Å². The van der Waals surface area contributed by atoms with E-state index >= 15 is 0 Å². The van der Waals surface area contributed by atoms with Gasteiger partial charge < -0.3 is 9.47 Å². The summed E-state index contributed by atoms with van der Waals surface area (Å²) in [5.74, 6) is 0.865. The predicted molar refractivity (Wildman–Crippen MR) is 97.7 cm³/mol. The number of rotatable bonds is 5. The summed E-state index contributed by atoms with van der Waals surface area (Å²) >= 11 is 6.08. The van der Waals surface area contributed by atoms with Gasteiger partial charge in [-0.2, -0.15) is 9.97 Å². The number of benzene rings is 1. The van der Waals surface area contributed by atoms with Crippen LogP contribution in [0.2, 0.25) is 5.02 Å². The van der Waals surface area contributed by atoms with E-state index < -0.39 is 10.0 Å². The van der Waals surface area contributed by atoms with Gasteiger partial charge in [0, 0.05) is 16.6 Å². The van der Waals surface area contributed by atoms with Gasteiger partial charge in [0.1, 0.15) is 4.90 Å². The molecule has 26 heavy (non-hydrogen) atoms. The molecule has 2 N–H and O–H groups in total. The SMILES string of the molecule is CCc1c(OC)nc(-n2cc(S(N)(=O)=O)c3ccc(Cl)cc32)nc1OC. The number of methoxy groups -OCH3 is 2. The second kappa shape index (κ2) is 6.75. The molecule has 3 aromatic rings. The highest BCUT2D eigenvalue weighted by Gasteiger charge is 2.22. The largest absolute Gasteiger partial charge is 0.481 e. The van der Waals surface area contributed by atoms with Crippen LogP contribution in [-0.2, 0) is 16.4 Å². The van der Waals surface area contributed by atoms with Gasteiger partial charge in [0.05, 0.1) is 25.3 Å². The molecule has 0 unspecified atom stereocenters. The van der Waals surface area contributed by atoms with Crippen molar-refractivity contribution in [3.8, 4) is 17.7 Å². The third-order valence-corrected chi connectivity index (χ3v) is 5.09. The summed E-state index contributed by atoms with van der Waals surface area (Å²) in [6.07, 6.45) is 1.96. The molecule has 138 valence electrons. The maximum absolute atomic E-state index is 12.0. The molecular formula is C16H17ClN4O4S. The van der Waals surface area contributed by atoms with Crippen molar-refractivity contribution in [2.24, 2.45) is 5.14 Å². The van der Waals surface area contributed by atoms with Crippen molar-refractivity contribution < 1.29 is 17.9 Å². The molecule has 0 atom stereocenters. The summed E-state index contributed by atoms with van der Waals surface area (Å²) in [5, 5.41) is 6.19. The van der Waals surface area contributed by atoms with E-state index in [1.165, 1.54) is 25.0 Å². The average molecular weight is 397 g/mol. The number of hydrogen-bond acceptors (Lipinski definition) is 6. The Hall–Kier alpha value is -2.36. The fourth-order valence-electron chi connectivity index (χ4n) is 2.74. The number of primary sulfonamides is 1. The lowest BCUT2D eigenvalue weighted by atomic mass is 10.2. The molecule has 0 amide bonds. The molecule has 2 aromatic heterocycles. The standard InChI is InChI=1S/C16H17ClN4O4S/c1-4-10-14(24-2)19-16(20-15(10)25-3)21-8-13(26(18,22)23)11-6-5-9(17)7-12(11)21/h5-8H,4H2,1-3H3,(H2,18,22,23). The summed E-state index contributed by atoms with van der Waals surface area (Å²) < 4.78 is 36.1. The van der Waals surface area contributed by atoms with Crippen LogP contribution >= 0.6 is 11.6 Å². The molecule has 0 saturated heterocycles. The normalized spacial score (nSPS) is 11.7. The Balaban J connectivity index is 2.37. The van der Waals surface area contributed by atoms with E-state index in [1.807, 2.05) is 6.92 Å². The van der Waals surface area contributed by atoms with Crippen LogP contribution in [0.5, 0.6) is 11.8 Å². The minimum absolute atomic E-state index is 0.0507. The highest BCUT2D eigenvalue weighted by molar-refractivity contribution is 7.89. The summed E-state index contributed by atoms with van der Waals surface area (Å²) in [7, 11) is -0.973. The van der Waals surface area contributed by atoms with Crippen molar-refractivity contribution in [3.05, 3.63) is 35.0 Å². The number of aromatic nitrogens is 3. The van der Waals surface area contributed by atoms with Gasteiger partial charge in [-0.25, -0.2) is 13.6 Å². The van der Waals surface area contributed by atoms with Crippen LogP contribution in [0.3, 0.4) is 0 Å². The zero-order valence-corrected chi connectivity index (χ0v) is 15.9. The molecule has 8 nitrogen and oxygen atoms in total. The van der Waals surface area contributed by atoms with Gasteiger partial charge in [-0.05, 0) is 24.6 Å². The number of sulfonamides is 1. The van der Waals surface area contributed by atoms with Crippen LogP contribution in [0.1, 0.15) is 12.5 Å². The highest BCUT2D eigenvalue weighted by Crippen LogP contribution is 2.32. The van der Waals surface area contributed by atoms with E-state index in [0.717, 1.165) is 0 Å². The second-order valence-corrected chi connectivity index (χ2v) is 7.41. The van der Waals surface area contributed by atoms with Gasteiger partial charge in [0.15, 0.2) is 0 Å². The molecule has 0 aliphatic carbocycles. The molecule has 0 radical (unpaired) electrons. The van der Waals surface area contributed by atoms with Crippen LogP contribution in [-0.4, -0.2) is 37.2 Å². The second-order valence-electron chi connectivity index (χ2n) is 5.44. The Morgan fingerprint density at radius 3 is 2.31 bits per heavy atom. The number of halogens is 1. The zero-order valence-electron chi connectivity index (χ0n) is 14.4. The van der Waals surface area contributed by atoms with Crippen LogP contribution in [0.25, 0.3) is 16.9 Å². The lowest BCUT2D eigenvalue weighted by molar-refractivity contribution is 0.362. The summed E-state index contributed by atoms with van der Waals surface area (Å²) in [6.45, 7) is 1.92. The van der Waals surface area contributed by atoms with E-state index in [2.05, 4.69) is 9.97 Å². The monoisotopic (exact) mass is 396 g/mol. The molecule has 0 spiro atoms. The molecule has 10 heteroatoms. The van der Waals surface area contributed by atoms with E-state index in [9.17, 15) is 8.42 Å². The van der Waals surface area contributed by atoms with Gasteiger partial charge in [-0.3, -0.25) is 4.57 Å². The molecule has 3 rings (SSSR count). The first kappa shape index (κ1) is 18.4. The molecular weight excluding hydrogens is 380 g/mol. The fraction of sp³-hybridized carbons (Fsp3) is 0.250. The van der Waals surface area contributed by atoms with Gasteiger partial charge in [0.25, 0.3) is 0 Å². The van der Waals surface area contributed by atoms with Crippen molar-refractivity contribution >= 4 is 32.5 Å². The Labute approximate surface area is 155 Å². The highest BCUT2D eigenvalue weighted by atomic mass is 35.5. The minimum atomic E-state index is -3.96. The van der Waals surface area contributed by atoms with Gasteiger partial charge in [-0.1, -0.05) is 18.5 Å². The summed E-state index contributed by atoms with van der Waals surface area (Å²) in [4.78, 5) is 8.72. The van der Waals surface area contributed by atoms with Crippen molar-refractivity contribution in [1.82, 2.24) is 14.5 Å². The first-order chi connectivity index (χ1) is 12.3. The number of nitrogens with zero attached hydrogens (tertiary/aromatic N) is 3. The maximum Gasteiger partial charge on any atom is 0.240 e. The minimum Gasteiger partial charge on any atom is -0.481 e. The fourth-order valence-corrected chi connectivity index (χ4v) is 3.64. The molecule has 0 bridgehead atoms. The third-order valence-electron chi connectivity index (χ3n) is 3.91. The van der Waals surface area contributed by atoms with Crippen molar-refractivity contribution in [2.45, 2.75) is 18.2 Å². The van der Waals surface area contributed by atoms with Crippen molar-refractivity contribution in [1.29, 1.82) is 0 Å². The number of hydrogen-bond donors (Lipinski definition) is 1. The Morgan fingerprint density at radius 2 is 1.81 bits per heavy atom. The van der Waals surface area contributed by atoms with E-state index in [1.54, 1.807) is 18.2 Å². The van der Waals surface area contributed by atoms with Crippen LogP contribution in [0, 0.1) is 0 Å². The van der Waals surface area contributed by atoms with Gasteiger partial charge >= 0.3 is 0 Å². The van der Waals surface area contributed by atoms with Crippen molar-refractivity contribution in [2.75, 3.05) is 14.2 Å². The topological polar surface area (TPSA) is 109 Å².